The second-order valence-electron chi connectivity index (χ2n) is 6.35. The molecule has 0 aliphatic carbocycles. The standard InChI is InChI=1S/C19H18FN5O2/c1-2-15-18(26)22-9-10-24(15)19(27)14-11-17-21-8-7-16(25(17)23-14)12-3-5-13(20)6-4-12/h3-8,11,15H,2,9-10H2,1H3,(H,22,26)/t15-/m1/s1. The molecule has 27 heavy (non-hydrogen) atoms. The lowest BCUT2D eigenvalue weighted by molar-refractivity contribution is -0.127. The molecule has 4 rings (SSSR count). The van der Waals surface area contributed by atoms with Crippen LogP contribution in [0.3, 0.4) is 0 Å². The van der Waals surface area contributed by atoms with Crippen LogP contribution in [-0.2, 0) is 4.79 Å². The maximum Gasteiger partial charge on any atom is 0.275 e. The molecule has 1 aliphatic rings. The summed E-state index contributed by atoms with van der Waals surface area (Å²) < 4.78 is 14.8. The summed E-state index contributed by atoms with van der Waals surface area (Å²) in [5.41, 5.74) is 2.19. The van der Waals surface area contributed by atoms with Gasteiger partial charge < -0.3 is 10.2 Å². The summed E-state index contributed by atoms with van der Waals surface area (Å²) in [4.78, 5) is 30.8. The zero-order valence-corrected chi connectivity index (χ0v) is 14.7. The Kier molecular flexibility index (Phi) is 4.31. The largest absolute Gasteiger partial charge is 0.353 e. The molecule has 1 N–H and O–H groups in total. The van der Waals surface area contributed by atoms with E-state index in [4.69, 9.17) is 0 Å². The monoisotopic (exact) mass is 367 g/mol. The summed E-state index contributed by atoms with van der Waals surface area (Å²) in [5.74, 6) is -0.771. The average molecular weight is 367 g/mol. The van der Waals surface area contributed by atoms with E-state index in [0.29, 0.717) is 30.9 Å². The number of nitrogens with one attached hydrogen (secondary N) is 1. The van der Waals surface area contributed by atoms with Gasteiger partial charge in [0.05, 0.1) is 5.69 Å². The molecule has 3 aromatic rings. The first-order chi connectivity index (χ1) is 13.1. The number of benzene rings is 1. The number of amides is 2. The lowest BCUT2D eigenvalue weighted by atomic mass is 10.1. The van der Waals surface area contributed by atoms with E-state index in [1.54, 1.807) is 39.9 Å². The van der Waals surface area contributed by atoms with Crippen molar-refractivity contribution in [2.75, 3.05) is 13.1 Å². The highest BCUT2D eigenvalue weighted by Crippen LogP contribution is 2.21. The maximum atomic E-state index is 13.2. The predicted octanol–water partition coefficient (Wildman–Crippen LogP) is 1.89. The summed E-state index contributed by atoms with van der Waals surface area (Å²) in [6.07, 6.45) is 2.15. The van der Waals surface area contributed by atoms with E-state index in [0.717, 1.165) is 5.56 Å². The fourth-order valence-corrected chi connectivity index (χ4v) is 3.35. The van der Waals surface area contributed by atoms with Gasteiger partial charge in [0.25, 0.3) is 5.91 Å². The Balaban J connectivity index is 1.73. The predicted molar refractivity (Wildman–Crippen MR) is 96.5 cm³/mol. The minimum atomic E-state index is -0.499. The van der Waals surface area contributed by atoms with E-state index in [9.17, 15) is 14.0 Å². The highest BCUT2D eigenvalue weighted by Gasteiger charge is 2.33. The fraction of sp³-hybridized carbons (Fsp3) is 0.263. The van der Waals surface area contributed by atoms with Crippen LogP contribution in [0.2, 0.25) is 0 Å². The van der Waals surface area contributed by atoms with E-state index in [2.05, 4.69) is 15.4 Å². The molecule has 1 saturated heterocycles. The van der Waals surface area contributed by atoms with Crippen LogP contribution in [-0.4, -0.2) is 50.4 Å². The molecule has 1 fully saturated rings. The number of carbonyl (C=O) groups excluding carboxylic acids is 2. The maximum absolute atomic E-state index is 13.2. The highest BCUT2D eigenvalue weighted by atomic mass is 19.1. The molecule has 1 aliphatic heterocycles. The van der Waals surface area contributed by atoms with Crippen molar-refractivity contribution in [2.24, 2.45) is 0 Å². The van der Waals surface area contributed by atoms with Gasteiger partial charge in [0.2, 0.25) is 5.91 Å². The lowest BCUT2D eigenvalue weighted by Crippen LogP contribution is -2.57. The smallest absolute Gasteiger partial charge is 0.275 e. The SMILES string of the molecule is CC[C@@H]1C(=O)NCCN1C(=O)c1cc2nccc(-c3ccc(F)cc3)n2n1. The number of rotatable bonds is 3. The number of piperazine rings is 1. The van der Waals surface area contributed by atoms with Crippen LogP contribution in [0.15, 0.2) is 42.6 Å². The number of fused-ring (bicyclic) bond motifs is 1. The zero-order chi connectivity index (χ0) is 19.0. The van der Waals surface area contributed by atoms with Gasteiger partial charge in [-0.2, -0.15) is 5.10 Å². The summed E-state index contributed by atoms with van der Waals surface area (Å²) in [6.45, 7) is 2.73. The first kappa shape index (κ1) is 17.1. The van der Waals surface area contributed by atoms with Crippen LogP contribution in [0.5, 0.6) is 0 Å². The Morgan fingerprint density at radius 1 is 1.30 bits per heavy atom. The van der Waals surface area contributed by atoms with Crippen LogP contribution in [0.25, 0.3) is 16.9 Å². The number of carbonyl (C=O) groups is 2. The Morgan fingerprint density at radius 2 is 2.07 bits per heavy atom. The van der Waals surface area contributed by atoms with Crippen LogP contribution in [0, 0.1) is 5.82 Å². The normalized spacial score (nSPS) is 17.2. The molecular weight excluding hydrogens is 349 g/mol. The van der Waals surface area contributed by atoms with Crippen molar-refractivity contribution in [2.45, 2.75) is 19.4 Å². The highest BCUT2D eigenvalue weighted by molar-refractivity contribution is 5.97. The minimum Gasteiger partial charge on any atom is -0.353 e. The second kappa shape index (κ2) is 6.79. The van der Waals surface area contributed by atoms with Crippen LogP contribution in [0.1, 0.15) is 23.8 Å². The van der Waals surface area contributed by atoms with E-state index in [1.165, 1.54) is 12.1 Å². The third-order valence-corrected chi connectivity index (χ3v) is 4.70. The first-order valence-corrected chi connectivity index (χ1v) is 8.78. The Morgan fingerprint density at radius 3 is 2.81 bits per heavy atom. The van der Waals surface area contributed by atoms with Crippen LogP contribution < -0.4 is 5.32 Å². The van der Waals surface area contributed by atoms with Gasteiger partial charge in [0.1, 0.15) is 11.9 Å². The van der Waals surface area contributed by atoms with Crippen molar-refractivity contribution < 1.29 is 14.0 Å². The molecule has 0 radical (unpaired) electrons. The molecule has 0 bridgehead atoms. The Hall–Kier alpha value is -3.29. The number of aromatic nitrogens is 3. The van der Waals surface area contributed by atoms with Crippen molar-refractivity contribution in [1.82, 2.24) is 24.8 Å². The van der Waals surface area contributed by atoms with Gasteiger partial charge in [-0.3, -0.25) is 9.59 Å². The fourth-order valence-electron chi connectivity index (χ4n) is 3.35. The molecule has 0 saturated carbocycles. The van der Waals surface area contributed by atoms with Crippen molar-refractivity contribution in [3.8, 4) is 11.3 Å². The van der Waals surface area contributed by atoms with Crippen LogP contribution in [0.4, 0.5) is 4.39 Å². The molecule has 0 spiro atoms. The molecule has 8 heteroatoms. The number of hydrogen-bond acceptors (Lipinski definition) is 4. The molecule has 1 aromatic carbocycles. The van der Waals surface area contributed by atoms with Crippen molar-refractivity contribution in [3.63, 3.8) is 0 Å². The average Bonchev–Trinajstić information content (AvgIpc) is 3.12. The summed E-state index contributed by atoms with van der Waals surface area (Å²) >= 11 is 0. The van der Waals surface area contributed by atoms with Gasteiger partial charge in [-0.25, -0.2) is 13.9 Å². The molecule has 2 aromatic heterocycles. The van der Waals surface area contributed by atoms with Crippen molar-refractivity contribution in [1.29, 1.82) is 0 Å². The van der Waals surface area contributed by atoms with Crippen molar-refractivity contribution >= 4 is 17.5 Å². The van der Waals surface area contributed by atoms with Crippen LogP contribution >= 0.6 is 0 Å². The summed E-state index contributed by atoms with van der Waals surface area (Å²) in [6, 6.07) is 8.90. The van der Waals surface area contributed by atoms with E-state index < -0.39 is 6.04 Å². The minimum absolute atomic E-state index is 0.147. The topological polar surface area (TPSA) is 79.6 Å². The van der Waals surface area contributed by atoms with E-state index >= 15 is 0 Å². The third-order valence-electron chi connectivity index (χ3n) is 4.70. The molecule has 1 atom stereocenters. The van der Waals surface area contributed by atoms with Gasteiger partial charge in [-0.15, -0.1) is 0 Å². The number of nitrogens with zero attached hydrogens (tertiary/aromatic N) is 4. The van der Waals surface area contributed by atoms with Crippen molar-refractivity contribution in [3.05, 3.63) is 54.1 Å². The molecule has 3 heterocycles. The van der Waals surface area contributed by atoms with E-state index in [1.807, 2.05) is 6.92 Å². The quantitative estimate of drug-likeness (QED) is 0.767. The van der Waals surface area contributed by atoms with Gasteiger partial charge in [0, 0.05) is 30.9 Å². The van der Waals surface area contributed by atoms with E-state index in [-0.39, 0.29) is 23.3 Å². The Labute approximate surface area is 154 Å². The lowest BCUT2D eigenvalue weighted by Gasteiger charge is -2.33. The number of hydrogen-bond donors (Lipinski definition) is 1. The molecule has 7 nitrogen and oxygen atoms in total. The number of halogens is 1. The first-order valence-electron chi connectivity index (χ1n) is 8.78. The van der Waals surface area contributed by atoms with Gasteiger partial charge in [-0.1, -0.05) is 6.92 Å². The second-order valence-corrected chi connectivity index (χ2v) is 6.35. The zero-order valence-electron chi connectivity index (χ0n) is 14.7. The van der Waals surface area contributed by atoms with Gasteiger partial charge in [0.15, 0.2) is 11.3 Å². The van der Waals surface area contributed by atoms with Gasteiger partial charge >= 0.3 is 0 Å². The summed E-state index contributed by atoms with van der Waals surface area (Å²) in [5, 5.41) is 7.20. The summed E-state index contributed by atoms with van der Waals surface area (Å²) in [7, 11) is 0. The molecule has 0 unspecified atom stereocenters. The molecule has 138 valence electrons. The Bertz CT molecular complexity index is 1010. The molecule has 2 amide bonds. The third kappa shape index (κ3) is 3.03. The van der Waals surface area contributed by atoms with Gasteiger partial charge in [-0.05, 0) is 36.8 Å². The molecular formula is C19H18FN5O2.